The zero-order valence-electron chi connectivity index (χ0n) is 22.2. The van der Waals surface area contributed by atoms with Gasteiger partial charge in [0.25, 0.3) is 0 Å². The van der Waals surface area contributed by atoms with Gasteiger partial charge in [0.2, 0.25) is 0 Å². The molecule has 1 N–H and O–H groups in total. The van der Waals surface area contributed by atoms with Crippen LogP contribution in [0.15, 0.2) is 83.4 Å². The Morgan fingerprint density at radius 2 is 1.66 bits per heavy atom. The molecule has 0 bridgehead atoms. The van der Waals surface area contributed by atoms with Gasteiger partial charge in [0.05, 0.1) is 17.7 Å². The molecule has 4 aromatic rings. The first-order valence-corrected chi connectivity index (χ1v) is 13.2. The molecular weight excluding hydrogens is 474 g/mol. The van der Waals surface area contributed by atoms with Crippen molar-refractivity contribution in [1.82, 2.24) is 5.16 Å². The van der Waals surface area contributed by atoms with E-state index in [1.54, 1.807) is 0 Å². The summed E-state index contributed by atoms with van der Waals surface area (Å²) in [7, 11) is 0. The standard InChI is InChI=1S/C33H33NO4/c1-4-37-32(36)33(19-20-33)28-17-15-25(16-18-28)24-11-13-26(14-12-24)31-29(23(3)34-38-31)9-6-10-30(35)27-8-5-7-22(2)21-27/h5,7-8,10-18,21,35H,4,6,9,19-20H2,1-3H3/b30-10-. The third kappa shape index (κ3) is 5.14. The highest BCUT2D eigenvalue weighted by molar-refractivity contribution is 5.87. The van der Waals surface area contributed by atoms with Crippen molar-refractivity contribution in [3.05, 3.63) is 107 Å². The predicted octanol–water partition coefficient (Wildman–Crippen LogP) is 7.75. The first-order chi connectivity index (χ1) is 18.4. The van der Waals surface area contributed by atoms with E-state index < -0.39 is 5.41 Å². The Kier molecular flexibility index (Phi) is 7.19. The molecule has 0 radical (unpaired) electrons. The third-order valence-corrected chi connectivity index (χ3v) is 7.36. The second kappa shape index (κ2) is 10.7. The van der Waals surface area contributed by atoms with E-state index in [9.17, 15) is 9.90 Å². The second-order valence-corrected chi connectivity index (χ2v) is 10.0. The Morgan fingerprint density at radius 3 is 2.29 bits per heavy atom. The zero-order valence-corrected chi connectivity index (χ0v) is 22.2. The van der Waals surface area contributed by atoms with Crippen molar-refractivity contribution in [2.45, 2.75) is 51.9 Å². The largest absolute Gasteiger partial charge is 0.508 e. The summed E-state index contributed by atoms with van der Waals surface area (Å²) in [6, 6.07) is 24.3. The van der Waals surface area contributed by atoms with E-state index in [1.807, 2.05) is 75.4 Å². The van der Waals surface area contributed by atoms with E-state index in [1.165, 1.54) is 0 Å². The Hall–Kier alpha value is -4.12. The second-order valence-electron chi connectivity index (χ2n) is 10.0. The number of benzene rings is 3. The molecule has 5 nitrogen and oxygen atoms in total. The van der Waals surface area contributed by atoms with E-state index in [0.29, 0.717) is 19.4 Å². The van der Waals surface area contributed by atoms with Crippen LogP contribution in [0, 0.1) is 13.8 Å². The normalized spacial score (nSPS) is 14.3. The quantitative estimate of drug-likeness (QED) is 0.185. The lowest BCUT2D eigenvalue weighted by atomic mass is 9.93. The molecule has 38 heavy (non-hydrogen) atoms. The monoisotopic (exact) mass is 507 g/mol. The molecule has 0 saturated heterocycles. The molecule has 1 aromatic heterocycles. The average Bonchev–Trinajstić information content (AvgIpc) is 3.67. The van der Waals surface area contributed by atoms with Gasteiger partial charge in [0, 0.05) is 16.7 Å². The van der Waals surface area contributed by atoms with Crippen molar-refractivity contribution in [2.24, 2.45) is 0 Å². The highest BCUT2D eigenvalue weighted by Gasteiger charge is 2.52. The van der Waals surface area contributed by atoms with Gasteiger partial charge in [-0.1, -0.05) is 77.5 Å². The minimum absolute atomic E-state index is 0.115. The predicted molar refractivity (Wildman–Crippen MR) is 150 cm³/mol. The summed E-state index contributed by atoms with van der Waals surface area (Å²) in [5.74, 6) is 0.934. The number of aromatic nitrogens is 1. The summed E-state index contributed by atoms with van der Waals surface area (Å²) in [5.41, 5.74) is 7.56. The highest BCUT2D eigenvalue weighted by atomic mass is 16.5. The molecular formula is C33H33NO4. The topological polar surface area (TPSA) is 72.6 Å². The van der Waals surface area contributed by atoms with Crippen molar-refractivity contribution in [2.75, 3.05) is 6.61 Å². The van der Waals surface area contributed by atoms with Gasteiger partial charge in [-0.25, -0.2) is 0 Å². The number of aliphatic hydroxyl groups is 1. The van der Waals surface area contributed by atoms with Crippen molar-refractivity contribution in [3.8, 4) is 22.5 Å². The summed E-state index contributed by atoms with van der Waals surface area (Å²) >= 11 is 0. The molecule has 0 amide bonds. The number of carbonyl (C=O) groups is 1. The van der Waals surface area contributed by atoms with Crippen molar-refractivity contribution < 1.29 is 19.2 Å². The van der Waals surface area contributed by atoms with Gasteiger partial charge >= 0.3 is 5.97 Å². The molecule has 1 aliphatic rings. The van der Waals surface area contributed by atoms with Crippen LogP contribution in [0.3, 0.4) is 0 Å². The number of ether oxygens (including phenoxy) is 1. The van der Waals surface area contributed by atoms with Gasteiger partial charge < -0.3 is 14.4 Å². The number of aliphatic hydroxyl groups excluding tert-OH is 1. The smallest absolute Gasteiger partial charge is 0.316 e. The molecule has 0 unspecified atom stereocenters. The maximum Gasteiger partial charge on any atom is 0.316 e. The molecule has 5 heteroatoms. The number of carbonyl (C=O) groups excluding carboxylic acids is 1. The van der Waals surface area contributed by atoms with Crippen molar-refractivity contribution in [3.63, 3.8) is 0 Å². The molecule has 1 fully saturated rings. The van der Waals surface area contributed by atoms with E-state index >= 15 is 0 Å². The van der Waals surface area contributed by atoms with Crippen LogP contribution >= 0.6 is 0 Å². The van der Waals surface area contributed by atoms with Gasteiger partial charge in [-0.2, -0.15) is 0 Å². The first kappa shape index (κ1) is 25.5. The fourth-order valence-corrected chi connectivity index (χ4v) is 4.99. The molecule has 1 aliphatic carbocycles. The van der Waals surface area contributed by atoms with Crippen LogP contribution in [0.1, 0.15) is 54.1 Å². The van der Waals surface area contributed by atoms with E-state index in [4.69, 9.17) is 9.26 Å². The van der Waals surface area contributed by atoms with E-state index in [-0.39, 0.29) is 11.7 Å². The summed E-state index contributed by atoms with van der Waals surface area (Å²) in [5, 5.41) is 14.7. The van der Waals surface area contributed by atoms with Crippen LogP contribution in [0.2, 0.25) is 0 Å². The first-order valence-electron chi connectivity index (χ1n) is 13.2. The minimum Gasteiger partial charge on any atom is -0.508 e. The Bertz CT molecular complexity index is 1460. The van der Waals surface area contributed by atoms with Crippen LogP contribution in [0.25, 0.3) is 28.2 Å². The maximum atomic E-state index is 12.4. The number of aryl methyl sites for hydroxylation is 2. The third-order valence-electron chi connectivity index (χ3n) is 7.36. The highest BCUT2D eigenvalue weighted by Crippen LogP contribution is 2.49. The van der Waals surface area contributed by atoms with E-state index in [2.05, 4.69) is 29.4 Å². The number of esters is 1. The van der Waals surface area contributed by atoms with Crippen LogP contribution in [0.5, 0.6) is 0 Å². The molecule has 0 aliphatic heterocycles. The van der Waals surface area contributed by atoms with Crippen molar-refractivity contribution in [1.29, 1.82) is 0 Å². The van der Waals surface area contributed by atoms with Gasteiger partial charge in [-0.15, -0.1) is 0 Å². The molecule has 0 atom stereocenters. The summed E-state index contributed by atoms with van der Waals surface area (Å²) in [6.45, 7) is 6.22. The molecule has 1 heterocycles. The lowest BCUT2D eigenvalue weighted by Gasteiger charge is -2.14. The molecule has 1 saturated carbocycles. The van der Waals surface area contributed by atoms with E-state index in [0.717, 1.165) is 63.2 Å². The summed E-state index contributed by atoms with van der Waals surface area (Å²) in [6.07, 6.45) is 4.93. The Balaban J connectivity index is 1.29. The molecule has 0 spiro atoms. The van der Waals surface area contributed by atoms with Gasteiger partial charge in [-0.3, -0.25) is 4.79 Å². The van der Waals surface area contributed by atoms with Gasteiger partial charge in [-0.05, 0) is 75.3 Å². The van der Waals surface area contributed by atoms with Crippen LogP contribution < -0.4 is 0 Å². The molecule has 3 aromatic carbocycles. The fourth-order valence-electron chi connectivity index (χ4n) is 4.99. The number of hydrogen-bond donors (Lipinski definition) is 1. The molecule has 5 rings (SSSR count). The Morgan fingerprint density at radius 1 is 1.00 bits per heavy atom. The average molecular weight is 508 g/mol. The number of hydrogen-bond acceptors (Lipinski definition) is 5. The summed E-state index contributed by atoms with van der Waals surface area (Å²) < 4.78 is 11.0. The summed E-state index contributed by atoms with van der Waals surface area (Å²) in [4.78, 5) is 12.4. The number of nitrogens with zero attached hydrogens (tertiary/aromatic N) is 1. The van der Waals surface area contributed by atoms with Gasteiger partial charge in [0.15, 0.2) is 5.76 Å². The lowest BCUT2D eigenvalue weighted by Crippen LogP contribution is -2.23. The van der Waals surface area contributed by atoms with Gasteiger partial charge in [0.1, 0.15) is 5.76 Å². The number of rotatable bonds is 9. The van der Waals surface area contributed by atoms with Crippen LogP contribution in [0.4, 0.5) is 0 Å². The maximum absolute atomic E-state index is 12.4. The lowest BCUT2D eigenvalue weighted by molar-refractivity contribution is -0.146. The SMILES string of the molecule is CCOC(=O)C1(c2ccc(-c3ccc(-c4onc(C)c4CC/C=C(\O)c4cccc(C)c4)cc3)cc2)CC1. The fraction of sp³-hybridized carbons (Fsp3) is 0.273. The van der Waals surface area contributed by atoms with Crippen LogP contribution in [-0.2, 0) is 21.4 Å². The minimum atomic E-state index is -0.453. The number of allylic oxidation sites excluding steroid dienone is 1. The van der Waals surface area contributed by atoms with Crippen LogP contribution in [-0.4, -0.2) is 22.8 Å². The molecule has 194 valence electrons. The van der Waals surface area contributed by atoms with Crippen molar-refractivity contribution >= 4 is 11.7 Å². The zero-order chi connectivity index (χ0) is 26.7. The Labute approximate surface area is 223 Å².